The van der Waals surface area contributed by atoms with Crippen LogP contribution in [0.15, 0.2) is 12.3 Å². The summed E-state index contributed by atoms with van der Waals surface area (Å²) >= 11 is 0. The third-order valence-corrected chi connectivity index (χ3v) is 2.59. The molecule has 14 heavy (non-hydrogen) atoms. The van der Waals surface area contributed by atoms with Gasteiger partial charge >= 0.3 is 0 Å². The number of hydrogen-bond acceptors (Lipinski definition) is 2. The summed E-state index contributed by atoms with van der Waals surface area (Å²) in [5.74, 6) is 0.443. The first-order chi connectivity index (χ1) is 6.68. The van der Waals surface area contributed by atoms with Gasteiger partial charge in [0.1, 0.15) is 0 Å². The molecule has 1 N–H and O–H groups in total. The van der Waals surface area contributed by atoms with E-state index in [9.17, 15) is 4.79 Å². The van der Waals surface area contributed by atoms with Gasteiger partial charge in [0.25, 0.3) is 0 Å². The summed E-state index contributed by atoms with van der Waals surface area (Å²) in [6.07, 6.45) is 2.40. The molecular formula is C10H15N3O. The summed E-state index contributed by atoms with van der Waals surface area (Å²) in [6, 6.07) is 2.36. The Hall–Kier alpha value is -1.32. The van der Waals surface area contributed by atoms with E-state index in [1.165, 1.54) is 5.69 Å². The Morgan fingerprint density at radius 1 is 1.64 bits per heavy atom. The number of carbonyl (C=O) groups is 1. The summed E-state index contributed by atoms with van der Waals surface area (Å²) in [5.41, 5.74) is 1.17. The molecule has 1 atom stereocenters. The van der Waals surface area contributed by atoms with Crippen molar-refractivity contribution in [2.75, 3.05) is 6.54 Å². The normalized spacial score (nSPS) is 21.6. The Morgan fingerprint density at radius 3 is 3.00 bits per heavy atom. The molecule has 0 radical (unpaired) electrons. The highest BCUT2D eigenvalue weighted by atomic mass is 16.1. The summed E-state index contributed by atoms with van der Waals surface area (Å²) in [4.78, 5) is 11.1. The fourth-order valence-corrected chi connectivity index (χ4v) is 1.89. The number of rotatable bonds is 2. The van der Waals surface area contributed by atoms with Gasteiger partial charge < -0.3 is 5.32 Å². The molecule has 1 unspecified atom stereocenters. The molecule has 0 saturated carbocycles. The van der Waals surface area contributed by atoms with E-state index in [2.05, 4.69) is 24.3 Å². The van der Waals surface area contributed by atoms with Crippen LogP contribution in [0.4, 0.5) is 0 Å². The van der Waals surface area contributed by atoms with Crippen LogP contribution in [0, 0.1) is 0 Å². The quantitative estimate of drug-likeness (QED) is 0.763. The summed E-state index contributed by atoms with van der Waals surface area (Å²) < 4.78 is 1.99. The van der Waals surface area contributed by atoms with Gasteiger partial charge in [-0.05, 0) is 19.9 Å². The van der Waals surface area contributed by atoms with Crippen LogP contribution in [0.5, 0.6) is 0 Å². The fourth-order valence-electron chi connectivity index (χ4n) is 1.89. The Kier molecular flexibility index (Phi) is 2.27. The van der Waals surface area contributed by atoms with Crippen LogP contribution in [-0.4, -0.2) is 22.2 Å². The van der Waals surface area contributed by atoms with Crippen molar-refractivity contribution in [1.29, 1.82) is 0 Å². The highest BCUT2D eigenvalue weighted by Crippen LogP contribution is 2.24. The van der Waals surface area contributed by atoms with Crippen LogP contribution < -0.4 is 5.32 Å². The minimum Gasteiger partial charge on any atom is -0.355 e. The van der Waals surface area contributed by atoms with Gasteiger partial charge in [-0.3, -0.25) is 9.48 Å². The van der Waals surface area contributed by atoms with Crippen molar-refractivity contribution in [3.8, 4) is 0 Å². The first kappa shape index (κ1) is 9.24. The summed E-state index contributed by atoms with van der Waals surface area (Å²) in [7, 11) is 0. The summed E-state index contributed by atoms with van der Waals surface area (Å²) in [6.45, 7) is 4.94. The van der Waals surface area contributed by atoms with Crippen molar-refractivity contribution in [3.63, 3.8) is 0 Å². The minimum atomic E-state index is 0.145. The lowest BCUT2D eigenvalue weighted by Gasteiger charge is -2.14. The second-order valence-corrected chi connectivity index (χ2v) is 4.00. The fraction of sp³-hybridized carbons (Fsp3) is 0.600. The van der Waals surface area contributed by atoms with Crippen LogP contribution >= 0.6 is 0 Å². The van der Waals surface area contributed by atoms with Crippen LogP contribution in [-0.2, 0) is 4.79 Å². The number of nitrogens with one attached hydrogen (secondary N) is 1. The zero-order chi connectivity index (χ0) is 10.1. The molecular weight excluding hydrogens is 178 g/mol. The second-order valence-electron chi connectivity index (χ2n) is 4.00. The van der Waals surface area contributed by atoms with Gasteiger partial charge in [0.05, 0.1) is 0 Å². The average Bonchev–Trinajstić information content (AvgIpc) is 2.70. The molecule has 1 saturated heterocycles. The van der Waals surface area contributed by atoms with Gasteiger partial charge in [-0.25, -0.2) is 0 Å². The number of amides is 1. The zero-order valence-electron chi connectivity index (χ0n) is 8.53. The first-order valence-electron chi connectivity index (χ1n) is 4.98. The highest BCUT2D eigenvalue weighted by molar-refractivity contribution is 5.79. The molecule has 2 rings (SSSR count). The van der Waals surface area contributed by atoms with E-state index in [0.717, 1.165) is 6.54 Å². The predicted molar refractivity (Wildman–Crippen MR) is 53.0 cm³/mol. The van der Waals surface area contributed by atoms with Gasteiger partial charge in [-0.2, -0.15) is 5.10 Å². The van der Waals surface area contributed by atoms with Crippen LogP contribution in [0.25, 0.3) is 0 Å². The molecule has 2 heterocycles. The zero-order valence-corrected chi connectivity index (χ0v) is 8.53. The predicted octanol–water partition coefficient (Wildman–Crippen LogP) is 1.07. The van der Waals surface area contributed by atoms with Crippen molar-refractivity contribution >= 4 is 5.91 Å². The lowest BCUT2D eigenvalue weighted by atomic mass is 10.0. The van der Waals surface area contributed by atoms with Crippen LogP contribution in [0.2, 0.25) is 0 Å². The molecule has 4 heteroatoms. The van der Waals surface area contributed by atoms with Crippen molar-refractivity contribution in [1.82, 2.24) is 15.1 Å². The van der Waals surface area contributed by atoms with Crippen molar-refractivity contribution in [2.45, 2.75) is 32.2 Å². The molecule has 1 fully saturated rings. The van der Waals surface area contributed by atoms with E-state index in [1.54, 1.807) is 6.20 Å². The smallest absolute Gasteiger partial charge is 0.220 e. The van der Waals surface area contributed by atoms with Crippen LogP contribution in [0.3, 0.4) is 0 Å². The first-order valence-corrected chi connectivity index (χ1v) is 4.98. The van der Waals surface area contributed by atoms with E-state index >= 15 is 0 Å². The van der Waals surface area contributed by atoms with Crippen LogP contribution in [0.1, 0.15) is 37.9 Å². The van der Waals surface area contributed by atoms with E-state index in [1.807, 2.05) is 10.7 Å². The molecule has 1 aromatic heterocycles. The molecule has 1 aliphatic rings. The molecule has 0 spiro atoms. The van der Waals surface area contributed by atoms with Gasteiger partial charge in [-0.1, -0.05) is 0 Å². The number of aromatic nitrogens is 2. The maximum Gasteiger partial charge on any atom is 0.220 e. The molecule has 0 bridgehead atoms. The second kappa shape index (κ2) is 3.44. The molecule has 1 aliphatic heterocycles. The number of nitrogens with zero attached hydrogens (tertiary/aromatic N) is 2. The lowest BCUT2D eigenvalue weighted by molar-refractivity contribution is -0.119. The van der Waals surface area contributed by atoms with Crippen molar-refractivity contribution in [3.05, 3.63) is 18.0 Å². The Morgan fingerprint density at radius 2 is 2.43 bits per heavy atom. The Labute approximate surface area is 83.3 Å². The lowest BCUT2D eigenvalue weighted by Crippen LogP contribution is -2.15. The average molecular weight is 193 g/mol. The SMILES string of the molecule is CC(C)n1nccc1C1CNC(=O)C1. The Balaban J connectivity index is 2.23. The van der Waals surface area contributed by atoms with E-state index in [0.29, 0.717) is 18.4 Å². The maximum absolute atomic E-state index is 11.1. The molecule has 1 aromatic rings. The van der Waals surface area contributed by atoms with E-state index < -0.39 is 0 Å². The minimum absolute atomic E-state index is 0.145. The van der Waals surface area contributed by atoms with Gasteiger partial charge in [0, 0.05) is 36.8 Å². The Bertz CT molecular complexity index is 343. The van der Waals surface area contributed by atoms with Gasteiger partial charge in [-0.15, -0.1) is 0 Å². The molecule has 0 aliphatic carbocycles. The van der Waals surface area contributed by atoms with E-state index in [4.69, 9.17) is 0 Å². The maximum atomic E-state index is 11.1. The molecule has 0 aromatic carbocycles. The van der Waals surface area contributed by atoms with E-state index in [-0.39, 0.29) is 5.91 Å². The number of carbonyl (C=O) groups excluding carboxylic acids is 1. The third kappa shape index (κ3) is 1.52. The standard InChI is InChI=1S/C10H15N3O/c1-7(2)13-9(3-4-12-13)8-5-10(14)11-6-8/h3-4,7-8H,5-6H2,1-2H3,(H,11,14). The van der Waals surface area contributed by atoms with Gasteiger partial charge in [0.2, 0.25) is 5.91 Å². The molecule has 1 amide bonds. The largest absolute Gasteiger partial charge is 0.355 e. The monoisotopic (exact) mass is 193 g/mol. The summed E-state index contributed by atoms with van der Waals surface area (Å²) in [5, 5.41) is 7.11. The number of hydrogen-bond donors (Lipinski definition) is 1. The molecule has 76 valence electrons. The third-order valence-electron chi connectivity index (χ3n) is 2.59. The topological polar surface area (TPSA) is 46.9 Å². The van der Waals surface area contributed by atoms with Crippen molar-refractivity contribution in [2.24, 2.45) is 0 Å². The molecule has 4 nitrogen and oxygen atoms in total. The van der Waals surface area contributed by atoms with Gasteiger partial charge in [0.15, 0.2) is 0 Å². The highest BCUT2D eigenvalue weighted by Gasteiger charge is 2.26. The van der Waals surface area contributed by atoms with Crippen molar-refractivity contribution < 1.29 is 4.79 Å².